The molecule has 1 heterocycles. The van der Waals surface area contributed by atoms with Crippen molar-refractivity contribution < 1.29 is 5.11 Å². The first-order chi connectivity index (χ1) is 13.5. The summed E-state index contributed by atoms with van der Waals surface area (Å²) in [5.41, 5.74) is 5.44. The van der Waals surface area contributed by atoms with Crippen molar-refractivity contribution in [2.24, 2.45) is 0 Å². The molecule has 0 radical (unpaired) electrons. The molecule has 0 aliphatic heterocycles. The Labute approximate surface area is 174 Å². The summed E-state index contributed by atoms with van der Waals surface area (Å²) in [5.74, 6) is 0.703. The van der Waals surface area contributed by atoms with Gasteiger partial charge in [-0.15, -0.1) is 0 Å². The van der Waals surface area contributed by atoms with Gasteiger partial charge in [-0.3, -0.25) is 0 Å². The Morgan fingerprint density at radius 2 is 1.93 bits per heavy atom. The number of aliphatic hydroxyl groups excluding tert-OH is 1. The van der Waals surface area contributed by atoms with Gasteiger partial charge in [0.2, 0.25) is 0 Å². The molecule has 6 heteroatoms. The average molecular weight is 414 g/mol. The van der Waals surface area contributed by atoms with E-state index in [2.05, 4.69) is 17.4 Å². The summed E-state index contributed by atoms with van der Waals surface area (Å²) in [4.78, 5) is 9.62. The summed E-state index contributed by atoms with van der Waals surface area (Å²) in [6.45, 7) is 3.95. The Kier molecular flexibility index (Phi) is 5.28. The lowest BCUT2D eigenvalue weighted by Gasteiger charge is -2.21. The van der Waals surface area contributed by atoms with Crippen LogP contribution in [0.5, 0.6) is 0 Å². The Bertz CT molecular complexity index is 1040. The maximum absolute atomic E-state index is 10.6. The lowest BCUT2D eigenvalue weighted by molar-refractivity contribution is 0.165. The lowest BCUT2D eigenvalue weighted by atomic mass is 10.1. The number of aromatic nitrogens is 2. The summed E-state index contributed by atoms with van der Waals surface area (Å²) in [5, 5.41) is 15.1. The van der Waals surface area contributed by atoms with E-state index in [-0.39, 0.29) is 6.04 Å². The highest BCUT2D eigenvalue weighted by Gasteiger charge is 2.31. The van der Waals surface area contributed by atoms with Crippen LogP contribution in [0, 0.1) is 6.92 Å². The van der Waals surface area contributed by atoms with E-state index in [1.54, 1.807) is 12.1 Å². The molecule has 0 amide bonds. The molecule has 2 unspecified atom stereocenters. The molecule has 0 saturated carbocycles. The number of hydrogen-bond donors (Lipinski definition) is 2. The molecule has 3 aromatic rings. The molecule has 1 aromatic heterocycles. The minimum absolute atomic E-state index is 0.194. The molecule has 0 bridgehead atoms. The molecule has 0 saturated heterocycles. The first-order valence-corrected chi connectivity index (χ1v) is 10.1. The number of halogens is 2. The number of nitrogens with one attached hydrogen (secondary N) is 1. The van der Waals surface area contributed by atoms with Gasteiger partial charge in [-0.25, -0.2) is 9.97 Å². The molecule has 2 N–H and O–H groups in total. The van der Waals surface area contributed by atoms with E-state index in [4.69, 9.17) is 33.2 Å². The van der Waals surface area contributed by atoms with Crippen molar-refractivity contribution in [3.05, 3.63) is 75.0 Å². The maximum Gasteiger partial charge on any atom is 0.148 e. The summed E-state index contributed by atoms with van der Waals surface area (Å²) >= 11 is 12.4. The summed E-state index contributed by atoms with van der Waals surface area (Å²) in [7, 11) is 0. The van der Waals surface area contributed by atoms with Gasteiger partial charge in [0.05, 0.1) is 34.3 Å². The Morgan fingerprint density at radius 1 is 1.14 bits per heavy atom. The van der Waals surface area contributed by atoms with Crippen molar-refractivity contribution in [3.63, 3.8) is 0 Å². The third-order valence-corrected chi connectivity index (χ3v) is 5.71. The summed E-state index contributed by atoms with van der Waals surface area (Å²) in [6, 6.07) is 13.3. The molecule has 1 aliphatic rings. The molecule has 28 heavy (non-hydrogen) atoms. The normalized spacial score (nSPS) is 18.2. The van der Waals surface area contributed by atoms with Gasteiger partial charge in [-0.05, 0) is 42.7 Å². The largest absolute Gasteiger partial charge is 0.390 e. The first-order valence-electron chi connectivity index (χ1n) is 9.33. The number of benzene rings is 2. The van der Waals surface area contributed by atoms with Crippen molar-refractivity contribution in [3.8, 4) is 11.3 Å². The molecule has 4 rings (SSSR count). The predicted molar refractivity (Wildman–Crippen MR) is 114 cm³/mol. The fourth-order valence-electron chi connectivity index (χ4n) is 3.75. The lowest BCUT2D eigenvalue weighted by Crippen LogP contribution is -2.23. The van der Waals surface area contributed by atoms with Crippen LogP contribution in [0.1, 0.15) is 35.5 Å². The van der Waals surface area contributed by atoms with E-state index in [9.17, 15) is 5.11 Å². The molecule has 2 aromatic carbocycles. The molecular formula is C22H21Cl2N3O. The maximum atomic E-state index is 10.6. The Balaban J connectivity index is 1.72. The van der Waals surface area contributed by atoms with Crippen LogP contribution in [-0.4, -0.2) is 21.2 Å². The van der Waals surface area contributed by atoms with Crippen molar-refractivity contribution in [2.45, 2.75) is 38.8 Å². The standard InChI is InChI=1S/C22H21Cl2N3O/c1-3-18-22(27-21-15-7-5-4-6-13(15)10-19(21)28)25-12(2)20(26-18)16-9-8-14(23)11-17(16)24/h4-9,11,19,21,28H,3,10H2,1-2H3,(H,25,27). The number of rotatable bonds is 4. The van der Waals surface area contributed by atoms with Gasteiger partial charge in [0.1, 0.15) is 5.82 Å². The highest BCUT2D eigenvalue weighted by atomic mass is 35.5. The zero-order valence-corrected chi connectivity index (χ0v) is 17.2. The average Bonchev–Trinajstić information content (AvgIpc) is 2.98. The highest BCUT2D eigenvalue weighted by Crippen LogP contribution is 2.36. The van der Waals surface area contributed by atoms with Crippen LogP contribution >= 0.6 is 23.2 Å². The quantitative estimate of drug-likeness (QED) is 0.601. The first kappa shape index (κ1) is 19.2. The number of anilines is 1. The number of nitrogens with zero attached hydrogens (tertiary/aromatic N) is 2. The molecule has 144 valence electrons. The van der Waals surface area contributed by atoms with E-state index in [1.807, 2.05) is 32.0 Å². The Hall–Kier alpha value is -2.14. The van der Waals surface area contributed by atoms with Gasteiger partial charge >= 0.3 is 0 Å². The number of fused-ring (bicyclic) bond motifs is 1. The minimum atomic E-state index is -0.491. The molecule has 2 atom stereocenters. The van der Waals surface area contributed by atoms with Gasteiger partial charge in [-0.2, -0.15) is 0 Å². The predicted octanol–water partition coefficient (Wildman–Crippen LogP) is 5.39. The van der Waals surface area contributed by atoms with Gasteiger partial charge in [-0.1, -0.05) is 54.4 Å². The van der Waals surface area contributed by atoms with Crippen molar-refractivity contribution in [1.29, 1.82) is 0 Å². The van der Waals surface area contributed by atoms with Crippen LogP contribution in [0.25, 0.3) is 11.3 Å². The van der Waals surface area contributed by atoms with Gasteiger partial charge in [0.25, 0.3) is 0 Å². The molecular weight excluding hydrogens is 393 g/mol. The second-order valence-electron chi connectivity index (χ2n) is 7.02. The molecule has 1 aliphatic carbocycles. The number of aryl methyl sites for hydroxylation is 2. The van der Waals surface area contributed by atoms with Crippen LogP contribution in [0.2, 0.25) is 10.0 Å². The molecule has 4 nitrogen and oxygen atoms in total. The SMILES string of the molecule is CCc1nc(-c2ccc(Cl)cc2Cl)c(C)nc1NC1c2ccccc2CC1O. The van der Waals surface area contributed by atoms with Crippen LogP contribution in [0.15, 0.2) is 42.5 Å². The van der Waals surface area contributed by atoms with Crippen molar-refractivity contribution in [2.75, 3.05) is 5.32 Å². The van der Waals surface area contributed by atoms with Crippen molar-refractivity contribution >= 4 is 29.0 Å². The molecule has 0 spiro atoms. The van der Waals surface area contributed by atoms with Crippen LogP contribution in [0.3, 0.4) is 0 Å². The molecule has 0 fully saturated rings. The smallest absolute Gasteiger partial charge is 0.148 e. The van der Waals surface area contributed by atoms with E-state index in [1.165, 1.54) is 5.56 Å². The van der Waals surface area contributed by atoms with Crippen molar-refractivity contribution in [1.82, 2.24) is 9.97 Å². The van der Waals surface area contributed by atoms with Gasteiger partial charge in [0, 0.05) is 17.0 Å². The fourth-order valence-corrected chi connectivity index (χ4v) is 4.25. The minimum Gasteiger partial charge on any atom is -0.390 e. The second kappa shape index (κ2) is 7.70. The second-order valence-corrected chi connectivity index (χ2v) is 7.87. The van der Waals surface area contributed by atoms with Crippen LogP contribution < -0.4 is 5.32 Å². The number of hydrogen-bond acceptors (Lipinski definition) is 4. The van der Waals surface area contributed by atoms with E-state index < -0.39 is 6.10 Å². The third-order valence-electron chi connectivity index (χ3n) is 5.16. The van der Waals surface area contributed by atoms with E-state index >= 15 is 0 Å². The number of aliphatic hydroxyl groups is 1. The monoisotopic (exact) mass is 413 g/mol. The van der Waals surface area contributed by atoms with E-state index in [0.29, 0.717) is 28.7 Å². The van der Waals surface area contributed by atoms with Gasteiger partial charge in [0.15, 0.2) is 0 Å². The highest BCUT2D eigenvalue weighted by molar-refractivity contribution is 6.36. The fraction of sp³-hybridized carbons (Fsp3) is 0.273. The van der Waals surface area contributed by atoms with E-state index in [0.717, 1.165) is 28.2 Å². The topological polar surface area (TPSA) is 58.0 Å². The van der Waals surface area contributed by atoms with Crippen LogP contribution in [-0.2, 0) is 12.8 Å². The summed E-state index contributed by atoms with van der Waals surface area (Å²) < 4.78 is 0. The summed E-state index contributed by atoms with van der Waals surface area (Å²) in [6.07, 6.45) is 0.855. The Morgan fingerprint density at radius 3 is 2.68 bits per heavy atom. The zero-order valence-electron chi connectivity index (χ0n) is 15.7. The third kappa shape index (κ3) is 3.48. The van der Waals surface area contributed by atoms with Gasteiger partial charge < -0.3 is 10.4 Å². The zero-order chi connectivity index (χ0) is 19.8. The van der Waals surface area contributed by atoms with Crippen LogP contribution in [0.4, 0.5) is 5.82 Å².